The molecule has 1 fully saturated rings. The van der Waals surface area contributed by atoms with E-state index in [2.05, 4.69) is 31.8 Å². The third kappa shape index (κ3) is 6.31. The molecule has 0 spiro atoms. The third-order valence-corrected chi connectivity index (χ3v) is 9.78. The summed E-state index contributed by atoms with van der Waals surface area (Å²) in [7, 11) is -2.30. The standard InChI is InChI=1S/C28H31F3N6O3S2/c1-4-37-26(32-33-27(37)40-22-12-8-11-21(17-22)36-15-13-35(3)14-16-36)19(2)34-42(38,39)23-18-41-25(28(29,30)31)24(23)20-9-6-5-7-10-20/h5-12,17-19,34H,4,13-16H2,1-3H3/t19-/m1/s1. The van der Waals surface area contributed by atoms with Gasteiger partial charge in [-0.05, 0) is 38.6 Å². The molecular weight excluding hydrogens is 589 g/mol. The summed E-state index contributed by atoms with van der Waals surface area (Å²) in [5, 5.41) is 9.34. The maximum atomic E-state index is 13.8. The van der Waals surface area contributed by atoms with Crippen LogP contribution in [0, 0.1) is 0 Å². The Morgan fingerprint density at radius 2 is 1.76 bits per heavy atom. The number of anilines is 1. The second-order valence-corrected chi connectivity index (χ2v) is 12.5. The molecule has 2 aromatic carbocycles. The summed E-state index contributed by atoms with van der Waals surface area (Å²) in [4.78, 5) is 3.12. The number of alkyl halides is 3. The number of halogens is 3. The monoisotopic (exact) mass is 620 g/mol. The Morgan fingerprint density at radius 3 is 2.43 bits per heavy atom. The van der Waals surface area contributed by atoms with Crippen LogP contribution in [0.4, 0.5) is 18.9 Å². The Bertz CT molecular complexity index is 1630. The number of sulfonamides is 1. The number of nitrogens with zero attached hydrogens (tertiary/aromatic N) is 5. The van der Waals surface area contributed by atoms with Crippen molar-refractivity contribution < 1.29 is 26.3 Å². The highest BCUT2D eigenvalue weighted by Gasteiger charge is 2.39. The molecular formula is C28H31F3N6O3S2. The lowest BCUT2D eigenvalue weighted by Crippen LogP contribution is -2.44. The Kier molecular flexibility index (Phi) is 8.60. The fourth-order valence-electron chi connectivity index (χ4n) is 4.88. The van der Waals surface area contributed by atoms with Crippen molar-refractivity contribution in [1.82, 2.24) is 24.4 Å². The van der Waals surface area contributed by atoms with Gasteiger partial charge in [0, 0.05) is 55.4 Å². The van der Waals surface area contributed by atoms with Crippen LogP contribution in [0.5, 0.6) is 11.8 Å². The molecule has 2 aromatic heterocycles. The number of thiophene rings is 1. The smallest absolute Gasteiger partial charge is 0.424 e. The molecule has 1 aliphatic heterocycles. The van der Waals surface area contributed by atoms with Crippen LogP contribution in [0.1, 0.15) is 30.6 Å². The lowest BCUT2D eigenvalue weighted by atomic mass is 10.1. The molecule has 42 heavy (non-hydrogen) atoms. The van der Waals surface area contributed by atoms with Crippen LogP contribution in [0.2, 0.25) is 0 Å². The molecule has 1 atom stereocenters. The van der Waals surface area contributed by atoms with E-state index in [1.54, 1.807) is 35.8 Å². The van der Waals surface area contributed by atoms with E-state index in [1.165, 1.54) is 12.1 Å². The van der Waals surface area contributed by atoms with Crippen molar-refractivity contribution in [2.24, 2.45) is 0 Å². The van der Waals surface area contributed by atoms with E-state index in [0.717, 1.165) is 37.2 Å². The molecule has 0 unspecified atom stereocenters. The first-order valence-electron chi connectivity index (χ1n) is 13.4. The predicted octanol–water partition coefficient (Wildman–Crippen LogP) is 5.63. The van der Waals surface area contributed by atoms with E-state index in [1.807, 2.05) is 25.1 Å². The van der Waals surface area contributed by atoms with Gasteiger partial charge in [0.15, 0.2) is 5.82 Å². The highest BCUT2D eigenvalue weighted by atomic mass is 32.2. The zero-order valence-corrected chi connectivity index (χ0v) is 24.9. The SMILES string of the molecule is CCn1c(Oc2cccc(N3CCN(C)CC3)c2)nnc1[C@@H](C)NS(=O)(=O)c1csc(C(F)(F)F)c1-c1ccccc1. The highest BCUT2D eigenvalue weighted by molar-refractivity contribution is 7.89. The molecule has 9 nitrogen and oxygen atoms in total. The number of aromatic nitrogens is 3. The van der Waals surface area contributed by atoms with Crippen molar-refractivity contribution in [3.63, 3.8) is 0 Å². The Morgan fingerprint density at radius 1 is 1.05 bits per heavy atom. The van der Waals surface area contributed by atoms with Gasteiger partial charge in [-0.3, -0.25) is 4.57 Å². The lowest BCUT2D eigenvalue weighted by Gasteiger charge is -2.34. The molecule has 0 radical (unpaired) electrons. The van der Waals surface area contributed by atoms with Gasteiger partial charge in [-0.15, -0.1) is 16.4 Å². The normalized spacial score (nSPS) is 15.6. The van der Waals surface area contributed by atoms with E-state index in [9.17, 15) is 21.6 Å². The zero-order chi connectivity index (χ0) is 30.1. The Balaban J connectivity index is 1.39. The van der Waals surface area contributed by atoms with Crippen molar-refractivity contribution >= 4 is 27.0 Å². The molecule has 0 saturated carbocycles. The topological polar surface area (TPSA) is 92.6 Å². The zero-order valence-electron chi connectivity index (χ0n) is 23.3. The van der Waals surface area contributed by atoms with Crippen LogP contribution >= 0.6 is 11.3 Å². The molecule has 0 aliphatic carbocycles. The van der Waals surface area contributed by atoms with E-state index in [0.29, 0.717) is 23.6 Å². The van der Waals surface area contributed by atoms with Crippen molar-refractivity contribution in [2.45, 2.75) is 37.5 Å². The number of rotatable bonds is 9. The second-order valence-electron chi connectivity index (χ2n) is 9.99. The van der Waals surface area contributed by atoms with Crippen LogP contribution in [-0.4, -0.2) is 61.3 Å². The van der Waals surface area contributed by atoms with Crippen LogP contribution in [0.25, 0.3) is 11.1 Å². The number of hydrogen-bond acceptors (Lipinski definition) is 8. The number of piperazine rings is 1. The number of benzene rings is 2. The van der Waals surface area contributed by atoms with Gasteiger partial charge < -0.3 is 14.5 Å². The third-order valence-electron chi connectivity index (χ3n) is 7.04. The van der Waals surface area contributed by atoms with Gasteiger partial charge >= 0.3 is 12.2 Å². The van der Waals surface area contributed by atoms with Gasteiger partial charge in [-0.1, -0.05) is 41.5 Å². The predicted molar refractivity (Wildman–Crippen MR) is 155 cm³/mol. The summed E-state index contributed by atoms with van der Waals surface area (Å²) in [6.07, 6.45) is -4.72. The molecule has 4 aromatic rings. The largest absolute Gasteiger partial charge is 0.426 e. The van der Waals surface area contributed by atoms with Crippen LogP contribution in [0.15, 0.2) is 64.9 Å². The van der Waals surface area contributed by atoms with Crippen LogP contribution in [0.3, 0.4) is 0 Å². The van der Waals surface area contributed by atoms with Crippen molar-refractivity contribution in [1.29, 1.82) is 0 Å². The second kappa shape index (κ2) is 12.0. The number of likely N-dealkylation sites (N-methyl/N-ethyl adjacent to an activating group) is 1. The summed E-state index contributed by atoms with van der Waals surface area (Å²) < 4.78 is 78.7. The van der Waals surface area contributed by atoms with Gasteiger partial charge in [-0.25, -0.2) is 13.1 Å². The molecule has 14 heteroatoms. The minimum atomic E-state index is -4.72. The summed E-state index contributed by atoms with van der Waals surface area (Å²) in [6, 6.07) is 14.6. The number of hydrogen-bond donors (Lipinski definition) is 1. The van der Waals surface area contributed by atoms with Crippen molar-refractivity contribution in [3.8, 4) is 22.9 Å². The Hall–Kier alpha value is -3.46. The summed E-state index contributed by atoms with van der Waals surface area (Å²) >= 11 is 0.349. The van der Waals surface area contributed by atoms with Gasteiger partial charge in [0.2, 0.25) is 10.0 Å². The fourth-order valence-corrected chi connectivity index (χ4v) is 7.61. The Labute approximate surface area is 246 Å². The maximum absolute atomic E-state index is 13.8. The minimum absolute atomic E-state index is 0.158. The maximum Gasteiger partial charge on any atom is 0.426 e. The molecule has 0 amide bonds. The van der Waals surface area contributed by atoms with Gasteiger partial charge in [0.25, 0.3) is 0 Å². The molecule has 0 bridgehead atoms. The summed E-state index contributed by atoms with van der Waals surface area (Å²) in [6.45, 7) is 7.48. The van der Waals surface area contributed by atoms with Gasteiger partial charge in [0.1, 0.15) is 15.5 Å². The average Bonchev–Trinajstić information content (AvgIpc) is 3.59. The van der Waals surface area contributed by atoms with E-state index < -0.39 is 32.0 Å². The average molecular weight is 621 g/mol. The first kappa shape index (κ1) is 30.0. The molecule has 5 rings (SSSR count). The van der Waals surface area contributed by atoms with Crippen molar-refractivity contribution in [3.05, 3.63) is 70.7 Å². The van der Waals surface area contributed by atoms with E-state index in [4.69, 9.17) is 4.74 Å². The summed E-state index contributed by atoms with van der Waals surface area (Å²) in [5.41, 5.74) is 0.798. The van der Waals surface area contributed by atoms with Gasteiger partial charge in [0.05, 0.1) is 6.04 Å². The molecule has 1 saturated heterocycles. The van der Waals surface area contributed by atoms with Crippen molar-refractivity contribution in [2.75, 3.05) is 38.1 Å². The van der Waals surface area contributed by atoms with E-state index in [-0.39, 0.29) is 23.0 Å². The summed E-state index contributed by atoms with van der Waals surface area (Å²) in [5.74, 6) is 0.817. The van der Waals surface area contributed by atoms with Crippen LogP contribution < -0.4 is 14.4 Å². The van der Waals surface area contributed by atoms with Crippen LogP contribution in [-0.2, 0) is 22.7 Å². The number of ether oxygens (including phenoxy) is 1. The molecule has 1 aliphatic rings. The lowest BCUT2D eigenvalue weighted by molar-refractivity contribution is -0.133. The fraction of sp³-hybridized carbons (Fsp3) is 0.357. The quantitative estimate of drug-likeness (QED) is 0.259. The first-order chi connectivity index (χ1) is 20.0. The minimum Gasteiger partial charge on any atom is -0.424 e. The molecule has 224 valence electrons. The van der Waals surface area contributed by atoms with E-state index >= 15 is 0 Å². The first-order valence-corrected chi connectivity index (χ1v) is 15.7. The molecule has 3 heterocycles. The van der Waals surface area contributed by atoms with Gasteiger partial charge in [-0.2, -0.15) is 13.2 Å². The number of nitrogens with one attached hydrogen (secondary N) is 1. The highest BCUT2D eigenvalue weighted by Crippen LogP contribution is 2.45. The molecule has 1 N–H and O–H groups in total.